The van der Waals surface area contributed by atoms with Gasteiger partial charge in [0.15, 0.2) is 0 Å². The van der Waals surface area contributed by atoms with Gasteiger partial charge in [0.05, 0.1) is 0 Å². The molecule has 0 radical (unpaired) electrons. The second kappa shape index (κ2) is 7.11. The Bertz CT molecular complexity index is 446. The van der Waals surface area contributed by atoms with Crippen LogP contribution in [0, 0.1) is 5.92 Å². The minimum atomic E-state index is -0.645. The van der Waals surface area contributed by atoms with Crippen LogP contribution in [-0.2, 0) is 4.79 Å². The Morgan fingerprint density at radius 3 is 2.32 bits per heavy atom. The topological polar surface area (TPSA) is 84.2 Å². The van der Waals surface area contributed by atoms with Crippen molar-refractivity contribution in [1.29, 1.82) is 0 Å². The van der Waals surface area contributed by atoms with Crippen LogP contribution in [0.5, 0.6) is 0 Å². The van der Waals surface area contributed by atoms with Crippen LogP contribution < -0.4 is 16.6 Å². The summed E-state index contributed by atoms with van der Waals surface area (Å²) in [7, 11) is 0. The Labute approximate surface area is 117 Å². The van der Waals surface area contributed by atoms with E-state index in [0.29, 0.717) is 17.0 Å². The zero-order valence-electron chi connectivity index (χ0n) is 10.9. The van der Waals surface area contributed by atoms with Crippen LogP contribution >= 0.6 is 11.6 Å². The molecule has 5 nitrogen and oxygen atoms in total. The smallest absolute Gasteiger partial charge is 0.256 e. The number of hydrogen-bond donors (Lipinski definition) is 3. The third-order valence-electron chi connectivity index (χ3n) is 2.58. The van der Waals surface area contributed by atoms with Gasteiger partial charge >= 0.3 is 0 Å². The van der Waals surface area contributed by atoms with Gasteiger partial charge in [0.2, 0.25) is 0 Å². The number of rotatable bonds is 5. The molecule has 0 saturated heterocycles. The molecule has 0 bridgehead atoms. The highest BCUT2D eigenvalue weighted by molar-refractivity contribution is 6.30. The van der Waals surface area contributed by atoms with Gasteiger partial charge in [-0.3, -0.25) is 15.0 Å². The summed E-state index contributed by atoms with van der Waals surface area (Å²) in [6, 6.07) is 5.80. The van der Waals surface area contributed by atoms with E-state index in [2.05, 4.69) is 10.7 Å². The van der Waals surface area contributed by atoms with E-state index in [1.165, 1.54) is 0 Å². The zero-order valence-corrected chi connectivity index (χ0v) is 11.7. The summed E-state index contributed by atoms with van der Waals surface area (Å²) in [4.78, 5) is 23.6. The third kappa shape index (κ3) is 4.89. The summed E-state index contributed by atoms with van der Waals surface area (Å²) in [6.07, 6.45) is 0.516. The van der Waals surface area contributed by atoms with Gasteiger partial charge in [-0.15, -0.1) is 0 Å². The van der Waals surface area contributed by atoms with E-state index in [4.69, 9.17) is 17.4 Å². The van der Waals surface area contributed by atoms with Gasteiger partial charge < -0.3 is 5.32 Å². The highest BCUT2D eigenvalue weighted by Gasteiger charge is 2.21. The van der Waals surface area contributed by atoms with Crippen molar-refractivity contribution in [3.8, 4) is 0 Å². The summed E-state index contributed by atoms with van der Waals surface area (Å²) in [5, 5.41) is 3.21. The van der Waals surface area contributed by atoms with Gasteiger partial charge in [-0.05, 0) is 36.6 Å². The van der Waals surface area contributed by atoms with Crippen molar-refractivity contribution in [3.05, 3.63) is 34.9 Å². The van der Waals surface area contributed by atoms with E-state index >= 15 is 0 Å². The number of halogens is 1. The van der Waals surface area contributed by atoms with Crippen molar-refractivity contribution in [3.63, 3.8) is 0 Å². The average Bonchev–Trinajstić information content (AvgIpc) is 2.37. The van der Waals surface area contributed by atoms with Crippen LogP contribution in [0.1, 0.15) is 30.6 Å². The summed E-state index contributed by atoms with van der Waals surface area (Å²) < 4.78 is 0. The molecule has 19 heavy (non-hydrogen) atoms. The Morgan fingerprint density at radius 1 is 1.26 bits per heavy atom. The Hall–Kier alpha value is -1.59. The Morgan fingerprint density at radius 2 is 1.84 bits per heavy atom. The molecule has 1 aromatic carbocycles. The van der Waals surface area contributed by atoms with Gasteiger partial charge in [-0.1, -0.05) is 25.4 Å². The number of carbonyl (C=O) groups is 2. The van der Waals surface area contributed by atoms with E-state index in [0.717, 1.165) is 0 Å². The van der Waals surface area contributed by atoms with Crippen LogP contribution in [0.3, 0.4) is 0 Å². The number of nitrogens with two attached hydrogens (primary N) is 1. The quantitative estimate of drug-likeness (QED) is 0.435. The Kier molecular flexibility index (Phi) is 5.79. The van der Waals surface area contributed by atoms with Crippen LogP contribution in [0.15, 0.2) is 24.3 Å². The largest absolute Gasteiger partial charge is 0.340 e. The van der Waals surface area contributed by atoms with E-state index < -0.39 is 11.9 Å². The van der Waals surface area contributed by atoms with Gasteiger partial charge in [0.1, 0.15) is 6.04 Å². The molecular weight excluding hydrogens is 266 g/mol. The molecule has 0 heterocycles. The van der Waals surface area contributed by atoms with Crippen LogP contribution in [0.4, 0.5) is 0 Å². The van der Waals surface area contributed by atoms with Crippen LogP contribution in [0.25, 0.3) is 0 Å². The predicted octanol–water partition coefficient (Wildman–Crippen LogP) is 1.47. The maximum Gasteiger partial charge on any atom is 0.256 e. The van der Waals surface area contributed by atoms with Crippen molar-refractivity contribution >= 4 is 23.4 Å². The van der Waals surface area contributed by atoms with Crippen molar-refractivity contribution in [2.75, 3.05) is 0 Å². The summed E-state index contributed by atoms with van der Waals surface area (Å²) >= 11 is 5.75. The lowest BCUT2D eigenvalue weighted by molar-refractivity contribution is -0.123. The summed E-state index contributed by atoms with van der Waals surface area (Å²) in [5.41, 5.74) is 2.51. The minimum Gasteiger partial charge on any atom is -0.340 e. The van der Waals surface area contributed by atoms with Gasteiger partial charge in [0.25, 0.3) is 11.8 Å². The lowest BCUT2D eigenvalue weighted by atomic mass is 10.0. The number of amides is 2. The molecule has 0 fully saturated rings. The maximum absolute atomic E-state index is 12.0. The number of hydrogen-bond acceptors (Lipinski definition) is 3. The van der Waals surface area contributed by atoms with Gasteiger partial charge in [0, 0.05) is 10.6 Å². The first-order chi connectivity index (χ1) is 8.93. The first kappa shape index (κ1) is 15.5. The molecule has 0 saturated carbocycles. The number of nitrogens with one attached hydrogen (secondary N) is 2. The molecule has 0 aliphatic heterocycles. The number of benzene rings is 1. The molecule has 4 N–H and O–H groups in total. The highest BCUT2D eigenvalue weighted by atomic mass is 35.5. The first-order valence-corrected chi connectivity index (χ1v) is 6.38. The standard InChI is InChI=1S/C13H18ClN3O2/c1-8(2)7-11(13(19)17-15)16-12(18)9-3-5-10(14)6-4-9/h3-6,8,11H,7,15H2,1-2H3,(H,16,18)(H,17,19)/t11-/m1/s1. The van der Waals surface area contributed by atoms with E-state index in [1.807, 2.05) is 13.8 Å². The number of carbonyl (C=O) groups excluding carboxylic acids is 2. The maximum atomic E-state index is 12.0. The molecule has 0 aliphatic carbocycles. The first-order valence-electron chi connectivity index (χ1n) is 6.01. The van der Waals surface area contributed by atoms with Gasteiger partial charge in [-0.25, -0.2) is 5.84 Å². The second-order valence-electron chi connectivity index (χ2n) is 4.67. The van der Waals surface area contributed by atoms with E-state index in [-0.39, 0.29) is 11.8 Å². The summed E-state index contributed by atoms with van der Waals surface area (Å²) in [5.74, 6) is 4.64. The molecule has 1 rings (SSSR count). The summed E-state index contributed by atoms with van der Waals surface area (Å²) in [6.45, 7) is 3.93. The fraction of sp³-hybridized carbons (Fsp3) is 0.385. The second-order valence-corrected chi connectivity index (χ2v) is 5.11. The van der Waals surface area contributed by atoms with Crippen molar-refractivity contribution in [2.45, 2.75) is 26.3 Å². The molecule has 0 unspecified atom stereocenters. The average molecular weight is 284 g/mol. The molecule has 0 aliphatic rings. The van der Waals surface area contributed by atoms with E-state index in [9.17, 15) is 9.59 Å². The fourth-order valence-electron chi connectivity index (χ4n) is 1.65. The van der Waals surface area contributed by atoms with Gasteiger partial charge in [-0.2, -0.15) is 0 Å². The fourth-order valence-corrected chi connectivity index (χ4v) is 1.77. The van der Waals surface area contributed by atoms with Crippen molar-refractivity contribution < 1.29 is 9.59 Å². The monoisotopic (exact) mass is 283 g/mol. The SMILES string of the molecule is CC(C)C[C@@H](NC(=O)c1ccc(Cl)cc1)C(=O)NN. The van der Waals surface area contributed by atoms with Crippen LogP contribution in [-0.4, -0.2) is 17.9 Å². The molecule has 1 atom stereocenters. The number of hydrazine groups is 1. The normalized spacial score (nSPS) is 12.1. The highest BCUT2D eigenvalue weighted by Crippen LogP contribution is 2.11. The predicted molar refractivity (Wildman–Crippen MR) is 74.5 cm³/mol. The van der Waals surface area contributed by atoms with E-state index in [1.54, 1.807) is 24.3 Å². The van der Waals surface area contributed by atoms with Crippen molar-refractivity contribution in [1.82, 2.24) is 10.7 Å². The molecule has 6 heteroatoms. The Balaban J connectivity index is 2.75. The lowest BCUT2D eigenvalue weighted by Gasteiger charge is -2.18. The van der Waals surface area contributed by atoms with Crippen LogP contribution in [0.2, 0.25) is 5.02 Å². The molecule has 0 spiro atoms. The molecular formula is C13H18ClN3O2. The zero-order chi connectivity index (χ0) is 14.4. The molecule has 0 aromatic heterocycles. The molecule has 1 aromatic rings. The third-order valence-corrected chi connectivity index (χ3v) is 2.83. The molecule has 104 valence electrons. The van der Waals surface area contributed by atoms with Crippen molar-refractivity contribution in [2.24, 2.45) is 11.8 Å². The minimum absolute atomic E-state index is 0.257. The molecule has 2 amide bonds. The lowest BCUT2D eigenvalue weighted by Crippen LogP contribution is -2.49.